The molecule has 2 aromatic carbocycles. The predicted octanol–water partition coefficient (Wildman–Crippen LogP) is 2.50. The van der Waals surface area contributed by atoms with Gasteiger partial charge in [-0.3, -0.25) is 4.79 Å². The van der Waals surface area contributed by atoms with E-state index >= 15 is 0 Å². The van der Waals surface area contributed by atoms with Crippen molar-refractivity contribution in [3.8, 4) is 0 Å². The molecule has 1 aliphatic heterocycles. The van der Waals surface area contributed by atoms with Gasteiger partial charge in [0.2, 0.25) is 0 Å². The number of nitrogens with one attached hydrogen (secondary N) is 2. The van der Waals surface area contributed by atoms with Crippen molar-refractivity contribution in [1.29, 1.82) is 0 Å². The van der Waals surface area contributed by atoms with Crippen LogP contribution < -0.4 is 15.1 Å². The van der Waals surface area contributed by atoms with Crippen LogP contribution in [0.15, 0.2) is 36.4 Å². The van der Waals surface area contributed by atoms with Crippen molar-refractivity contribution in [2.24, 2.45) is 0 Å². The van der Waals surface area contributed by atoms with Gasteiger partial charge in [0.05, 0.1) is 32.2 Å². The number of anilines is 1. The summed E-state index contributed by atoms with van der Waals surface area (Å²) in [4.78, 5) is 16.4. The number of quaternary nitrogens is 1. The normalized spacial score (nSPS) is 16.1. The second-order valence-corrected chi connectivity index (χ2v) is 8.27. The molecule has 28 heavy (non-hydrogen) atoms. The van der Waals surface area contributed by atoms with Gasteiger partial charge in [0.25, 0.3) is 5.91 Å². The standard InChI is InChI=1S/C24H33N3O/c1-17-9-10-22(15-19(17)3)21(5)25-24(28)16-26-11-13-27(14-12-26)23-8-6-7-18(2)20(23)4/h6-10,15,21H,11-14,16H2,1-5H3,(H,25,28)/p+1/t21-/m0/s1. The quantitative estimate of drug-likeness (QED) is 0.836. The second kappa shape index (κ2) is 8.78. The Morgan fingerprint density at radius 3 is 2.43 bits per heavy atom. The molecule has 3 rings (SSSR count). The van der Waals surface area contributed by atoms with E-state index in [0.29, 0.717) is 6.54 Å². The Morgan fingerprint density at radius 1 is 1.04 bits per heavy atom. The summed E-state index contributed by atoms with van der Waals surface area (Å²) in [7, 11) is 0. The topological polar surface area (TPSA) is 36.8 Å². The highest BCUT2D eigenvalue weighted by Crippen LogP contribution is 2.22. The minimum atomic E-state index is 0.0439. The second-order valence-electron chi connectivity index (χ2n) is 8.27. The van der Waals surface area contributed by atoms with Gasteiger partial charge in [-0.15, -0.1) is 0 Å². The fourth-order valence-corrected chi connectivity index (χ4v) is 3.96. The summed E-state index contributed by atoms with van der Waals surface area (Å²) in [5.41, 5.74) is 7.77. The van der Waals surface area contributed by atoms with E-state index in [-0.39, 0.29) is 11.9 Å². The minimum absolute atomic E-state index is 0.0439. The third kappa shape index (κ3) is 4.74. The highest BCUT2D eigenvalue weighted by Gasteiger charge is 2.24. The summed E-state index contributed by atoms with van der Waals surface area (Å²) >= 11 is 0. The largest absolute Gasteiger partial charge is 0.360 e. The number of nitrogens with zero attached hydrogens (tertiary/aromatic N) is 1. The first-order valence-electron chi connectivity index (χ1n) is 10.4. The molecule has 1 atom stereocenters. The zero-order chi connectivity index (χ0) is 20.3. The molecule has 0 unspecified atom stereocenters. The zero-order valence-corrected chi connectivity index (χ0v) is 17.9. The summed E-state index contributed by atoms with van der Waals surface area (Å²) in [5.74, 6) is 0.140. The molecule has 0 saturated carbocycles. The maximum atomic E-state index is 12.6. The Balaban J connectivity index is 1.51. The maximum Gasteiger partial charge on any atom is 0.275 e. The van der Waals surface area contributed by atoms with Crippen molar-refractivity contribution in [3.05, 3.63) is 64.2 Å². The lowest BCUT2D eigenvalue weighted by atomic mass is 10.0. The van der Waals surface area contributed by atoms with Crippen LogP contribution in [0.3, 0.4) is 0 Å². The van der Waals surface area contributed by atoms with Crippen molar-refractivity contribution in [3.63, 3.8) is 0 Å². The van der Waals surface area contributed by atoms with Gasteiger partial charge >= 0.3 is 0 Å². The lowest BCUT2D eigenvalue weighted by Crippen LogP contribution is -3.16. The van der Waals surface area contributed by atoms with Crippen LogP contribution in [-0.2, 0) is 4.79 Å². The first-order valence-corrected chi connectivity index (χ1v) is 10.4. The monoisotopic (exact) mass is 380 g/mol. The third-order valence-electron chi connectivity index (χ3n) is 6.21. The Morgan fingerprint density at radius 2 is 1.75 bits per heavy atom. The van der Waals surface area contributed by atoms with Crippen LogP contribution in [0.25, 0.3) is 0 Å². The van der Waals surface area contributed by atoms with Gasteiger partial charge in [-0.25, -0.2) is 0 Å². The Hall–Kier alpha value is -2.33. The van der Waals surface area contributed by atoms with E-state index < -0.39 is 0 Å². The molecule has 1 amide bonds. The average Bonchev–Trinajstić information content (AvgIpc) is 2.67. The third-order valence-corrected chi connectivity index (χ3v) is 6.21. The summed E-state index contributed by atoms with van der Waals surface area (Å²) in [6.45, 7) is 15.2. The molecule has 2 N–H and O–H groups in total. The lowest BCUT2D eigenvalue weighted by Gasteiger charge is -2.34. The highest BCUT2D eigenvalue weighted by atomic mass is 16.2. The number of carbonyl (C=O) groups excluding carboxylic acids is 1. The number of aryl methyl sites for hydroxylation is 3. The number of hydrogen-bond donors (Lipinski definition) is 2. The van der Waals surface area contributed by atoms with Crippen LogP contribution in [0.5, 0.6) is 0 Å². The Kier molecular flexibility index (Phi) is 6.40. The van der Waals surface area contributed by atoms with Crippen LogP contribution in [0, 0.1) is 27.7 Å². The van der Waals surface area contributed by atoms with E-state index in [0.717, 1.165) is 26.2 Å². The molecule has 1 saturated heterocycles. The van der Waals surface area contributed by atoms with Crippen molar-refractivity contribution in [2.45, 2.75) is 40.7 Å². The SMILES string of the molecule is Cc1ccc([C@H](C)NC(=O)C[NH+]2CCN(c3cccc(C)c3C)CC2)cc1C. The molecule has 1 fully saturated rings. The Labute approximate surface area is 169 Å². The number of carbonyl (C=O) groups is 1. The fourth-order valence-electron chi connectivity index (χ4n) is 3.96. The van der Waals surface area contributed by atoms with Crippen LogP contribution in [0.2, 0.25) is 0 Å². The molecule has 0 spiro atoms. The number of rotatable bonds is 5. The zero-order valence-electron chi connectivity index (χ0n) is 17.9. The summed E-state index contributed by atoms with van der Waals surface area (Å²) in [5, 5.41) is 3.18. The first-order chi connectivity index (χ1) is 13.3. The molecule has 0 radical (unpaired) electrons. The number of hydrogen-bond acceptors (Lipinski definition) is 2. The van der Waals surface area contributed by atoms with E-state index in [1.807, 2.05) is 0 Å². The van der Waals surface area contributed by atoms with Crippen molar-refractivity contribution in [2.75, 3.05) is 37.6 Å². The molecule has 1 aliphatic rings. The Bertz CT molecular complexity index is 838. The van der Waals surface area contributed by atoms with Gasteiger partial charge in [-0.05, 0) is 68.5 Å². The van der Waals surface area contributed by atoms with Gasteiger partial charge in [0, 0.05) is 5.69 Å². The molecule has 4 nitrogen and oxygen atoms in total. The summed E-state index contributed by atoms with van der Waals surface area (Å²) < 4.78 is 0. The van der Waals surface area contributed by atoms with Gasteiger partial charge < -0.3 is 15.1 Å². The van der Waals surface area contributed by atoms with E-state index in [9.17, 15) is 4.79 Å². The highest BCUT2D eigenvalue weighted by molar-refractivity contribution is 5.77. The van der Waals surface area contributed by atoms with E-state index in [2.05, 4.69) is 81.2 Å². The number of piperazine rings is 1. The van der Waals surface area contributed by atoms with Gasteiger partial charge in [0.1, 0.15) is 0 Å². The molecular weight excluding hydrogens is 346 g/mol. The van der Waals surface area contributed by atoms with Crippen LogP contribution in [-0.4, -0.2) is 38.6 Å². The van der Waals surface area contributed by atoms with Gasteiger partial charge in [-0.1, -0.05) is 30.3 Å². The van der Waals surface area contributed by atoms with Crippen LogP contribution >= 0.6 is 0 Å². The smallest absolute Gasteiger partial charge is 0.275 e. The average molecular weight is 381 g/mol. The summed E-state index contributed by atoms with van der Waals surface area (Å²) in [6, 6.07) is 13.0. The van der Waals surface area contributed by atoms with E-state index in [4.69, 9.17) is 0 Å². The van der Waals surface area contributed by atoms with Crippen molar-refractivity contribution in [1.82, 2.24) is 5.32 Å². The van der Waals surface area contributed by atoms with Crippen LogP contribution in [0.4, 0.5) is 5.69 Å². The molecule has 0 aromatic heterocycles. The maximum absolute atomic E-state index is 12.6. The summed E-state index contributed by atoms with van der Waals surface area (Å²) in [6.07, 6.45) is 0. The molecule has 150 valence electrons. The van der Waals surface area contributed by atoms with E-state index in [1.165, 1.54) is 38.4 Å². The molecular formula is C24H34N3O+. The van der Waals surface area contributed by atoms with Gasteiger partial charge in [-0.2, -0.15) is 0 Å². The lowest BCUT2D eigenvalue weighted by molar-refractivity contribution is -0.892. The van der Waals surface area contributed by atoms with E-state index in [1.54, 1.807) is 0 Å². The molecule has 2 aromatic rings. The predicted molar refractivity (Wildman–Crippen MR) is 116 cm³/mol. The molecule has 4 heteroatoms. The molecule has 0 bridgehead atoms. The minimum Gasteiger partial charge on any atom is -0.360 e. The van der Waals surface area contributed by atoms with Crippen molar-refractivity contribution >= 4 is 11.6 Å². The first kappa shape index (κ1) is 20.4. The number of amides is 1. The van der Waals surface area contributed by atoms with Gasteiger partial charge in [0.15, 0.2) is 6.54 Å². The molecule has 1 heterocycles. The number of benzene rings is 2. The van der Waals surface area contributed by atoms with Crippen molar-refractivity contribution < 1.29 is 9.69 Å². The van der Waals surface area contributed by atoms with Crippen LogP contribution in [0.1, 0.15) is 40.8 Å². The molecule has 0 aliphatic carbocycles. The fraction of sp³-hybridized carbons (Fsp3) is 0.458.